The van der Waals surface area contributed by atoms with Crippen molar-refractivity contribution in [1.82, 2.24) is 5.32 Å². The first kappa shape index (κ1) is 10.5. The summed E-state index contributed by atoms with van der Waals surface area (Å²) in [5.41, 5.74) is -0.373. The summed E-state index contributed by atoms with van der Waals surface area (Å²) >= 11 is 0. The van der Waals surface area contributed by atoms with E-state index in [4.69, 9.17) is 4.74 Å². The van der Waals surface area contributed by atoms with Crippen LogP contribution in [0.25, 0.3) is 0 Å². The number of hydrogen-bond donors (Lipinski definition) is 1. The van der Waals surface area contributed by atoms with E-state index in [2.05, 4.69) is 12.2 Å². The topological polar surface area (TPSA) is 38.3 Å². The van der Waals surface area contributed by atoms with E-state index < -0.39 is 0 Å². The molecule has 1 atom stereocenters. The van der Waals surface area contributed by atoms with Crippen molar-refractivity contribution in [3.8, 4) is 0 Å². The van der Waals surface area contributed by atoms with Crippen LogP contribution in [0, 0.1) is 0 Å². The van der Waals surface area contributed by atoms with Crippen molar-refractivity contribution in [2.45, 2.75) is 44.6 Å². The van der Waals surface area contributed by atoms with Gasteiger partial charge in [-0.1, -0.05) is 13.3 Å². The third-order valence-corrected chi connectivity index (χ3v) is 2.75. The molecular formula is C10H19NO2. The Kier molecular flexibility index (Phi) is 3.72. The molecule has 13 heavy (non-hydrogen) atoms. The molecule has 1 rings (SSSR count). The molecule has 76 valence electrons. The van der Waals surface area contributed by atoms with Crippen LogP contribution in [0.3, 0.4) is 0 Å². The molecule has 1 aliphatic rings. The maximum absolute atomic E-state index is 11.6. The molecule has 0 aromatic carbocycles. The van der Waals surface area contributed by atoms with Gasteiger partial charge in [-0.25, -0.2) is 0 Å². The smallest absolute Gasteiger partial charge is 0.326 e. The van der Waals surface area contributed by atoms with Gasteiger partial charge in [0, 0.05) is 0 Å². The fourth-order valence-corrected chi connectivity index (χ4v) is 2.08. The van der Waals surface area contributed by atoms with Gasteiger partial charge in [0.1, 0.15) is 5.54 Å². The first-order valence-corrected chi connectivity index (χ1v) is 5.08. The highest BCUT2D eigenvalue weighted by molar-refractivity contribution is 5.80. The number of carbonyl (C=O) groups excluding carboxylic acids is 1. The van der Waals surface area contributed by atoms with E-state index in [0.717, 1.165) is 32.2 Å². The fraction of sp³-hybridized carbons (Fsp3) is 0.900. The van der Waals surface area contributed by atoms with Gasteiger partial charge in [-0.2, -0.15) is 0 Å². The van der Waals surface area contributed by atoms with Crippen LogP contribution in [0.15, 0.2) is 0 Å². The number of carbonyl (C=O) groups is 1. The summed E-state index contributed by atoms with van der Waals surface area (Å²) in [6.45, 7) is 3.04. The largest absolute Gasteiger partial charge is 0.468 e. The molecule has 0 amide bonds. The Labute approximate surface area is 79.8 Å². The first-order chi connectivity index (χ1) is 6.25. The second kappa shape index (κ2) is 4.61. The molecule has 1 heterocycles. The van der Waals surface area contributed by atoms with Crippen LogP contribution in [-0.2, 0) is 9.53 Å². The minimum atomic E-state index is -0.373. The molecule has 0 unspecified atom stereocenters. The Morgan fingerprint density at radius 1 is 1.54 bits per heavy atom. The molecule has 0 bridgehead atoms. The molecule has 3 nitrogen and oxygen atoms in total. The van der Waals surface area contributed by atoms with Gasteiger partial charge in [0.25, 0.3) is 0 Å². The molecule has 1 aliphatic heterocycles. The maximum atomic E-state index is 11.6. The molecular weight excluding hydrogens is 166 g/mol. The van der Waals surface area contributed by atoms with Crippen molar-refractivity contribution >= 4 is 5.97 Å². The lowest BCUT2D eigenvalue weighted by Crippen LogP contribution is -2.55. The van der Waals surface area contributed by atoms with Crippen molar-refractivity contribution in [3.05, 3.63) is 0 Å². The van der Waals surface area contributed by atoms with Gasteiger partial charge in [-0.15, -0.1) is 0 Å². The summed E-state index contributed by atoms with van der Waals surface area (Å²) in [6.07, 6.45) is 5.12. The van der Waals surface area contributed by atoms with Crippen molar-refractivity contribution in [2.24, 2.45) is 0 Å². The molecule has 3 heteroatoms. The van der Waals surface area contributed by atoms with Gasteiger partial charge in [-0.05, 0) is 32.2 Å². The Bertz CT molecular complexity index is 168. The molecule has 0 aromatic heterocycles. The van der Waals surface area contributed by atoms with E-state index in [1.807, 2.05) is 0 Å². The number of hydrogen-bond acceptors (Lipinski definition) is 3. The van der Waals surface area contributed by atoms with E-state index in [1.54, 1.807) is 0 Å². The van der Waals surface area contributed by atoms with Crippen LogP contribution in [0.2, 0.25) is 0 Å². The average Bonchev–Trinajstić information content (AvgIpc) is 2.18. The number of ether oxygens (including phenoxy) is 1. The van der Waals surface area contributed by atoms with E-state index in [0.29, 0.717) is 0 Å². The van der Waals surface area contributed by atoms with Gasteiger partial charge < -0.3 is 10.1 Å². The number of nitrogens with one attached hydrogen (secondary N) is 1. The Morgan fingerprint density at radius 2 is 2.31 bits per heavy atom. The summed E-state index contributed by atoms with van der Waals surface area (Å²) in [7, 11) is 1.47. The molecule has 0 aromatic rings. The third kappa shape index (κ3) is 2.21. The van der Waals surface area contributed by atoms with E-state index in [1.165, 1.54) is 13.5 Å². The summed E-state index contributed by atoms with van der Waals surface area (Å²) in [5, 5.41) is 3.31. The number of piperidine rings is 1. The highest BCUT2D eigenvalue weighted by Crippen LogP contribution is 2.25. The van der Waals surface area contributed by atoms with Crippen LogP contribution in [0.1, 0.15) is 39.0 Å². The van der Waals surface area contributed by atoms with Crippen LogP contribution in [-0.4, -0.2) is 25.2 Å². The summed E-state index contributed by atoms with van der Waals surface area (Å²) < 4.78 is 4.84. The monoisotopic (exact) mass is 185 g/mol. The molecule has 0 spiro atoms. The molecule has 1 fully saturated rings. The van der Waals surface area contributed by atoms with Gasteiger partial charge >= 0.3 is 5.97 Å². The number of esters is 1. The standard InChI is InChI=1S/C10H19NO2/c1-3-6-10(9(12)13-2)7-4-5-8-11-10/h11H,3-8H2,1-2H3/t10-/m0/s1. The lowest BCUT2D eigenvalue weighted by molar-refractivity contribution is -0.150. The van der Waals surface area contributed by atoms with Crippen molar-refractivity contribution in [1.29, 1.82) is 0 Å². The SMILES string of the molecule is CCC[C@@]1(C(=O)OC)CCCCN1. The highest BCUT2D eigenvalue weighted by Gasteiger charge is 2.39. The van der Waals surface area contributed by atoms with Gasteiger partial charge in [0.05, 0.1) is 7.11 Å². The lowest BCUT2D eigenvalue weighted by atomic mass is 9.85. The summed E-state index contributed by atoms with van der Waals surface area (Å²) in [5.74, 6) is -0.0888. The van der Waals surface area contributed by atoms with E-state index in [9.17, 15) is 4.79 Å². The number of rotatable bonds is 3. The van der Waals surface area contributed by atoms with Gasteiger partial charge in [0.2, 0.25) is 0 Å². The Balaban J connectivity index is 2.66. The van der Waals surface area contributed by atoms with Crippen molar-refractivity contribution in [2.75, 3.05) is 13.7 Å². The second-order valence-corrected chi connectivity index (χ2v) is 3.71. The Morgan fingerprint density at radius 3 is 2.77 bits per heavy atom. The van der Waals surface area contributed by atoms with Crippen molar-refractivity contribution < 1.29 is 9.53 Å². The quantitative estimate of drug-likeness (QED) is 0.677. The fourth-order valence-electron chi connectivity index (χ4n) is 2.08. The molecule has 0 saturated carbocycles. The zero-order chi connectivity index (χ0) is 9.73. The molecule has 0 aliphatic carbocycles. The van der Waals surface area contributed by atoms with Crippen molar-refractivity contribution in [3.63, 3.8) is 0 Å². The van der Waals surface area contributed by atoms with E-state index in [-0.39, 0.29) is 11.5 Å². The van der Waals surface area contributed by atoms with Crippen LogP contribution in [0.5, 0.6) is 0 Å². The minimum absolute atomic E-state index is 0.0888. The first-order valence-electron chi connectivity index (χ1n) is 5.08. The van der Waals surface area contributed by atoms with Gasteiger partial charge in [-0.3, -0.25) is 4.79 Å². The second-order valence-electron chi connectivity index (χ2n) is 3.71. The molecule has 1 saturated heterocycles. The average molecular weight is 185 g/mol. The lowest BCUT2D eigenvalue weighted by Gasteiger charge is -2.35. The third-order valence-electron chi connectivity index (χ3n) is 2.75. The zero-order valence-electron chi connectivity index (χ0n) is 8.56. The highest BCUT2D eigenvalue weighted by atomic mass is 16.5. The predicted octanol–water partition coefficient (Wildman–Crippen LogP) is 1.47. The maximum Gasteiger partial charge on any atom is 0.326 e. The number of methoxy groups -OCH3 is 1. The summed E-state index contributed by atoms with van der Waals surface area (Å²) in [4.78, 5) is 11.6. The van der Waals surface area contributed by atoms with Gasteiger partial charge in [0.15, 0.2) is 0 Å². The minimum Gasteiger partial charge on any atom is -0.468 e. The summed E-state index contributed by atoms with van der Waals surface area (Å²) in [6, 6.07) is 0. The Hall–Kier alpha value is -0.570. The molecule has 1 N–H and O–H groups in total. The van der Waals surface area contributed by atoms with E-state index >= 15 is 0 Å². The van der Waals surface area contributed by atoms with Crippen LogP contribution < -0.4 is 5.32 Å². The normalized spacial score (nSPS) is 28.5. The van der Waals surface area contributed by atoms with Crippen LogP contribution in [0.4, 0.5) is 0 Å². The zero-order valence-corrected chi connectivity index (χ0v) is 8.56. The van der Waals surface area contributed by atoms with Crippen LogP contribution >= 0.6 is 0 Å². The predicted molar refractivity (Wildman–Crippen MR) is 51.5 cm³/mol. The molecule has 0 radical (unpaired) electrons.